The molecule has 8 heteroatoms. The van der Waals surface area contributed by atoms with E-state index in [1.54, 1.807) is 27.7 Å². The van der Waals surface area contributed by atoms with Crippen molar-refractivity contribution in [3.8, 4) is 0 Å². The Morgan fingerprint density at radius 2 is 1.88 bits per heavy atom. The Kier molecular flexibility index (Phi) is 5.40. The van der Waals surface area contributed by atoms with E-state index in [-0.39, 0.29) is 23.1 Å². The predicted octanol–water partition coefficient (Wildman–Crippen LogP) is 2.34. The van der Waals surface area contributed by atoms with E-state index < -0.39 is 16.0 Å². The number of nitrogens with one attached hydrogen (secondary N) is 1. The molecule has 0 bridgehead atoms. The monoisotopic (exact) mass is 352 g/mol. The van der Waals surface area contributed by atoms with Crippen molar-refractivity contribution in [1.82, 2.24) is 9.88 Å². The fraction of sp³-hybridized carbons (Fsp3) is 0.375. The van der Waals surface area contributed by atoms with Crippen LogP contribution in [-0.2, 0) is 21.4 Å². The molecule has 0 aliphatic rings. The Balaban J connectivity index is 2.06. The van der Waals surface area contributed by atoms with Crippen LogP contribution in [0.25, 0.3) is 0 Å². The van der Waals surface area contributed by atoms with Gasteiger partial charge in [0.05, 0.1) is 21.7 Å². The Morgan fingerprint density at radius 3 is 2.38 bits per heavy atom. The van der Waals surface area contributed by atoms with Gasteiger partial charge in [-0.15, -0.1) is 0 Å². The number of aromatic nitrogens is 1. The third-order valence-corrected chi connectivity index (χ3v) is 4.99. The van der Waals surface area contributed by atoms with Crippen LogP contribution in [0.15, 0.2) is 33.7 Å². The number of esters is 1. The van der Waals surface area contributed by atoms with Crippen molar-refractivity contribution in [3.05, 3.63) is 46.8 Å². The Bertz CT molecular complexity index is 803. The van der Waals surface area contributed by atoms with Crippen molar-refractivity contribution in [2.24, 2.45) is 0 Å². The first kappa shape index (κ1) is 18.2. The maximum atomic E-state index is 12.1. The van der Waals surface area contributed by atoms with Crippen molar-refractivity contribution in [1.29, 1.82) is 0 Å². The van der Waals surface area contributed by atoms with Crippen LogP contribution in [0.4, 0.5) is 0 Å². The molecule has 1 N–H and O–H groups in total. The van der Waals surface area contributed by atoms with Gasteiger partial charge in [-0.25, -0.2) is 17.9 Å². The summed E-state index contributed by atoms with van der Waals surface area (Å²) in [5.74, 6) is 0.0530. The lowest BCUT2D eigenvalue weighted by Gasteiger charge is -2.10. The Hall–Kier alpha value is -2.19. The number of benzene rings is 1. The second-order valence-electron chi connectivity index (χ2n) is 5.68. The number of carbonyl (C=O) groups excluding carboxylic acids is 1. The summed E-state index contributed by atoms with van der Waals surface area (Å²) >= 11 is 0. The van der Waals surface area contributed by atoms with E-state index in [9.17, 15) is 13.2 Å². The first-order valence-electron chi connectivity index (χ1n) is 7.42. The molecule has 0 atom stereocenters. The largest absolute Gasteiger partial charge is 0.457 e. The normalized spacial score (nSPS) is 11.7. The highest BCUT2D eigenvalue weighted by atomic mass is 32.2. The van der Waals surface area contributed by atoms with E-state index in [2.05, 4.69) is 9.88 Å². The molecule has 2 rings (SSSR count). The molecule has 130 valence electrons. The summed E-state index contributed by atoms with van der Waals surface area (Å²) in [6.45, 7) is 7.02. The van der Waals surface area contributed by atoms with E-state index in [0.717, 1.165) is 5.56 Å². The number of nitrogens with zero attached hydrogens (tertiary/aromatic N) is 1. The lowest BCUT2D eigenvalue weighted by atomic mass is 10.2. The molecule has 0 unspecified atom stereocenters. The quantitative estimate of drug-likeness (QED) is 0.801. The fourth-order valence-electron chi connectivity index (χ4n) is 2.08. The average Bonchev–Trinajstić information content (AvgIpc) is 2.82. The standard InChI is InChI=1S/C16H20N2O5S/c1-10(2)18-24(20,21)14-7-5-13(6-8-14)16(19)22-9-15-11(3)17-23-12(15)4/h5-8,10,18H,9H2,1-4H3. The molecule has 0 saturated heterocycles. The minimum absolute atomic E-state index is 0.0506. The van der Waals surface area contributed by atoms with Gasteiger partial charge in [0.2, 0.25) is 10.0 Å². The topological polar surface area (TPSA) is 98.5 Å². The lowest BCUT2D eigenvalue weighted by molar-refractivity contribution is 0.0470. The SMILES string of the molecule is Cc1noc(C)c1COC(=O)c1ccc(S(=O)(=O)NC(C)C)cc1. The van der Waals surface area contributed by atoms with Crippen LogP contribution >= 0.6 is 0 Å². The number of hydrogen-bond acceptors (Lipinski definition) is 6. The Morgan fingerprint density at radius 1 is 1.25 bits per heavy atom. The van der Waals surface area contributed by atoms with Crippen LogP contribution in [-0.4, -0.2) is 25.6 Å². The zero-order valence-corrected chi connectivity index (χ0v) is 14.8. The highest BCUT2D eigenvalue weighted by molar-refractivity contribution is 7.89. The summed E-state index contributed by atoms with van der Waals surface area (Å²) in [4.78, 5) is 12.2. The average molecular weight is 352 g/mol. The first-order chi connectivity index (χ1) is 11.2. The van der Waals surface area contributed by atoms with Gasteiger partial charge in [0, 0.05) is 6.04 Å². The molecular formula is C16H20N2O5S. The van der Waals surface area contributed by atoms with Gasteiger partial charge in [-0.1, -0.05) is 5.16 Å². The zero-order chi connectivity index (χ0) is 17.9. The zero-order valence-electron chi connectivity index (χ0n) is 14.0. The van der Waals surface area contributed by atoms with Gasteiger partial charge in [-0.05, 0) is 52.0 Å². The third-order valence-electron chi connectivity index (χ3n) is 3.32. The summed E-state index contributed by atoms with van der Waals surface area (Å²) in [5.41, 5.74) is 1.66. The van der Waals surface area contributed by atoms with Crippen LogP contribution in [0.3, 0.4) is 0 Å². The number of hydrogen-bond donors (Lipinski definition) is 1. The van der Waals surface area contributed by atoms with Gasteiger partial charge in [0.15, 0.2) is 0 Å². The molecule has 2 aromatic rings. The van der Waals surface area contributed by atoms with Crippen molar-refractivity contribution in [3.63, 3.8) is 0 Å². The smallest absolute Gasteiger partial charge is 0.338 e. The number of ether oxygens (including phenoxy) is 1. The van der Waals surface area contributed by atoms with Crippen molar-refractivity contribution < 1.29 is 22.5 Å². The first-order valence-corrected chi connectivity index (χ1v) is 8.90. The second kappa shape index (κ2) is 7.14. The van der Waals surface area contributed by atoms with E-state index in [1.165, 1.54) is 24.3 Å². The van der Waals surface area contributed by atoms with Gasteiger partial charge >= 0.3 is 5.97 Å². The van der Waals surface area contributed by atoms with E-state index >= 15 is 0 Å². The van der Waals surface area contributed by atoms with Crippen molar-refractivity contribution >= 4 is 16.0 Å². The van der Waals surface area contributed by atoms with E-state index in [0.29, 0.717) is 11.5 Å². The summed E-state index contributed by atoms with van der Waals surface area (Å²) in [6.07, 6.45) is 0. The maximum Gasteiger partial charge on any atom is 0.338 e. The molecule has 1 aromatic heterocycles. The highest BCUT2D eigenvalue weighted by Crippen LogP contribution is 2.16. The molecule has 0 amide bonds. The Labute approximate surface area is 141 Å². The number of rotatable bonds is 6. The number of carbonyl (C=O) groups is 1. The molecule has 0 saturated carbocycles. The van der Waals surface area contributed by atoms with Crippen LogP contribution in [0, 0.1) is 13.8 Å². The van der Waals surface area contributed by atoms with Gasteiger partial charge in [0.1, 0.15) is 12.4 Å². The van der Waals surface area contributed by atoms with E-state index in [1.807, 2.05) is 0 Å². The summed E-state index contributed by atoms with van der Waals surface area (Å²) < 4.78 is 36.8. The van der Waals surface area contributed by atoms with Gasteiger partial charge in [-0.3, -0.25) is 0 Å². The van der Waals surface area contributed by atoms with Crippen molar-refractivity contribution in [2.45, 2.75) is 45.2 Å². The minimum atomic E-state index is -3.58. The lowest BCUT2D eigenvalue weighted by Crippen LogP contribution is -2.30. The molecule has 0 aliphatic heterocycles. The highest BCUT2D eigenvalue weighted by Gasteiger charge is 2.17. The van der Waals surface area contributed by atoms with Crippen LogP contribution < -0.4 is 4.72 Å². The second-order valence-corrected chi connectivity index (χ2v) is 7.39. The maximum absolute atomic E-state index is 12.1. The van der Waals surface area contributed by atoms with Gasteiger partial charge in [0.25, 0.3) is 0 Å². The van der Waals surface area contributed by atoms with Crippen LogP contribution in [0.1, 0.15) is 41.2 Å². The van der Waals surface area contributed by atoms with Gasteiger partial charge < -0.3 is 9.26 Å². The molecule has 0 fully saturated rings. The van der Waals surface area contributed by atoms with Crippen LogP contribution in [0.5, 0.6) is 0 Å². The predicted molar refractivity (Wildman–Crippen MR) is 87.0 cm³/mol. The molecule has 24 heavy (non-hydrogen) atoms. The summed E-state index contributed by atoms with van der Waals surface area (Å²) in [6, 6.07) is 5.37. The number of sulfonamides is 1. The number of aryl methyl sites for hydroxylation is 2. The van der Waals surface area contributed by atoms with Gasteiger partial charge in [-0.2, -0.15) is 0 Å². The molecule has 1 heterocycles. The molecule has 0 aliphatic carbocycles. The molecule has 1 aromatic carbocycles. The molecule has 0 spiro atoms. The minimum Gasteiger partial charge on any atom is -0.457 e. The van der Waals surface area contributed by atoms with E-state index in [4.69, 9.17) is 9.26 Å². The van der Waals surface area contributed by atoms with Crippen LogP contribution in [0.2, 0.25) is 0 Å². The summed E-state index contributed by atoms with van der Waals surface area (Å²) in [7, 11) is -3.58. The fourth-order valence-corrected chi connectivity index (χ4v) is 3.33. The summed E-state index contributed by atoms with van der Waals surface area (Å²) in [5, 5.41) is 3.79. The third kappa shape index (κ3) is 4.21. The molecule has 0 radical (unpaired) electrons. The molecule has 7 nitrogen and oxygen atoms in total. The van der Waals surface area contributed by atoms with Crippen molar-refractivity contribution in [2.75, 3.05) is 0 Å². The molecular weight excluding hydrogens is 332 g/mol.